The van der Waals surface area contributed by atoms with Crippen molar-refractivity contribution >= 4 is 8.80 Å². The van der Waals surface area contributed by atoms with E-state index in [1.54, 1.807) is 14.2 Å². The first-order valence-corrected chi connectivity index (χ1v) is 7.21. The van der Waals surface area contributed by atoms with Crippen LogP contribution >= 0.6 is 0 Å². The summed E-state index contributed by atoms with van der Waals surface area (Å²) in [7, 11) is 1.07. The molecular formula is C9H21NO3Si. The van der Waals surface area contributed by atoms with Crippen LogP contribution < -0.4 is 5.32 Å². The second kappa shape index (κ2) is 6.52. The fourth-order valence-electron chi connectivity index (χ4n) is 1.65. The Morgan fingerprint density at radius 2 is 1.86 bits per heavy atom. The van der Waals surface area contributed by atoms with E-state index < -0.39 is 8.80 Å². The molecule has 0 spiro atoms. The van der Waals surface area contributed by atoms with Crippen LogP contribution in [0.5, 0.6) is 0 Å². The molecule has 0 aromatic carbocycles. The van der Waals surface area contributed by atoms with E-state index in [1.807, 2.05) is 0 Å². The second-order valence-corrected chi connectivity index (χ2v) is 6.47. The van der Waals surface area contributed by atoms with Crippen molar-refractivity contribution in [2.24, 2.45) is 0 Å². The lowest BCUT2D eigenvalue weighted by atomic mass is 10.2. The zero-order valence-electron chi connectivity index (χ0n) is 9.17. The highest BCUT2D eigenvalue weighted by Crippen LogP contribution is 2.18. The topological polar surface area (TPSA) is 39.7 Å². The van der Waals surface area contributed by atoms with Crippen molar-refractivity contribution in [1.82, 2.24) is 5.32 Å². The van der Waals surface area contributed by atoms with E-state index in [1.165, 1.54) is 12.8 Å². The third-order valence-corrected chi connectivity index (χ3v) is 5.41. The average Bonchev–Trinajstić information content (AvgIpc) is 2.26. The Hall–Kier alpha value is 0.0569. The normalized spacial score (nSPS) is 24.4. The van der Waals surface area contributed by atoms with E-state index in [0.717, 1.165) is 25.6 Å². The molecule has 1 fully saturated rings. The lowest BCUT2D eigenvalue weighted by Crippen LogP contribution is -2.45. The molecule has 14 heavy (non-hydrogen) atoms. The molecule has 0 atom stereocenters. The highest BCUT2D eigenvalue weighted by atomic mass is 28.4. The molecule has 0 radical (unpaired) electrons. The first kappa shape index (κ1) is 12.1. The van der Waals surface area contributed by atoms with Crippen molar-refractivity contribution in [3.8, 4) is 0 Å². The van der Waals surface area contributed by atoms with Gasteiger partial charge in [0, 0.05) is 26.8 Å². The van der Waals surface area contributed by atoms with Crippen molar-refractivity contribution < 1.29 is 13.3 Å². The predicted octanol–water partition coefficient (Wildman–Crippen LogP) is 1.01. The summed E-state index contributed by atoms with van der Waals surface area (Å²) in [6.45, 7) is 2.67. The molecule has 0 amide bonds. The van der Waals surface area contributed by atoms with Crippen molar-refractivity contribution in [2.45, 2.75) is 25.3 Å². The van der Waals surface area contributed by atoms with E-state index >= 15 is 0 Å². The van der Waals surface area contributed by atoms with Gasteiger partial charge in [0.2, 0.25) is 0 Å². The molecule has 1 aliphatic rings. The fourth-order valence-corrected chi connectivity index (χ4v) is 3.70. The van der Waals surface area contributed by atoms with E-state index in [2.05, 4.69) is 5.32 Å². The lowest BCUT2D eigenvalue weighted by Gasteiger charge is -2.27. The van der Waals surface area contributed by atoms with Crippen LogP contribution in [0.25, 0.3) is 0 Å². The van der Waals surface area contributed by atoms with Gasteiger partial charge in [-0.3, -0.25) is 0 Å². The Morgan fingerprint density at radius 3 is 2.57 bits per heavy atom. The molecule has 5 heteroatoms. The third kappa shape index (κ3) is 3.66. The van der Waals surface area contributed by atoms with Gasteiger partial charge >= 0.3 is 8.80 Å². The van der Waals surface area contributed by atoms with Crippen molar-refractivity contribution in [2.75, 3.05) is 33.9 Å². The SMILES string of the molecule is CO[Si]1(OC)CCCCCNCCO1. The first-order valence-electron chi connectivity index (χ1n) is 5.28. The minimum Gasteiger partial charge on any atom is -0.377 e. The Morgan fingerprint density at radius 1 is 1.07 bits per heavy atom. The molecule has 1 rings (SSSR count). The molecule has 1 saturated heterocycles. The van der Waals surface area contributed by atoms with Gasteiger partial charge in [-0.15, -0.1) is 0 Å². The smallest absolute Gasteiger partial charge is 0.377 e. The van der Waals surface area contributed by atoms with Gasteiger partial charge in [-0.05, 0) is 19.4 Å². The Bertz CT molecular complexity index is 141. The summed E-state index contributed by atoms with van der Waals surface area (Å²) in [6.07, 6.45) is 3.59. The summed E-state index contributed by atoms with van der Waals surface area (Å²) in [5.41, 5.74) is 0. The minimum absolute atomic E-state index is 0.688. The van der Waals surface area contributed by atoms with Crippen LogP contribution in [-0.4, -0.2) is 42.7 Å². The Labute approximate surface area is 87.3 Å². The van der Waals surface area contributed by atoms with Gasteiger partial charge in [0.25, 0.3) is 0 Å². The lowest BCUT2D eigenvalue weighted by molar-refractivity contribution is 0.0971. The summed E-state index contributed by atoms with van der Waals surface area (Å²) < 4.78 is 16.6. The molecular weight excluding hydrogens is 198 g/mol. The van der Waals surface area contributed by atoms with Crippen LogP contribution in [0.3, 0.4) is 0 Å². The molecule has 0 saturated carbocycles. The Balaban J connectivity index is 2.44. The maximum atomic E-state index is 5.74. The summed E-state index contributed by atoms with van der Waals surface area (Å²) in [4.78, 5) is 0. The van der Waals surface area contributed by atoms with Gasteiger partial charge in [-0.1, -0.05) is 6.42 Å². The maximum Gasteiger partial charge on any atom is 0.500 e. The standard InChI is InChI=1S/C9H21NO3Si/c1-11-14(12-2)9-5-3-4-6-10-7-8-13-14/h10H,3-9H2,1-2H3. The van der Waals surface area contributed by atoms with Crippen molar-refractivity contribution in [1.29, 1.82) is 0 Å². The molecule has 1 N–H and O–H groups in total. The highest BCUT2D eigenvalue weighted by Gasteiger charge is 2.38. The van der Waals surface area contributed by atoms with Gasteiger partial charge < -0.3 is 18.6 Å². The fraction of sp³-hybridized carbons (Fsp3) is 1.00. The van der Waals surface area contributed by atoms with Gasteiger partial charge in [0.15, 0.2) is 0 Å². The zero-order valence-corrected chi connectivity index (χ0v) is 10.2. The van der Waals surface area contributed by atoms with Gasteiger partial charge in [0.1, 0.15) is 0 Å². The minimum atomic E-state index is -2.31. The molecule has 1 aliphatic heterocycles. The maximum absolute atomic E-state index is 5.74. The number of hydrogen-bond acceptors (Lipinski definition) is 4. The van der Waals surface area contributed by atoms with Crippen LogP contribution in [0, 0.1) is 0 Å². The molecule has 1 heterocycles. The van der Waals surface area contributed by atoms with Crippen LogP contribution in [0.2, 0.25) is 6.04 Å². The molecule has 0 bridgehead atoms. The van der Waals surface area contributed by atoms with Gasteiger partial charge in [-0.25, -0.2) is 0 Å². The molecule has 84 valence electrons. The monoisotopic (exact) mass is 219 g/mol. The van der Waals surface area contributed by atoms with Crippen LogP contribution in [0.15, 0.2) is 0 Å². The zero-order chi connectivity index (χ0) is 10.3. The van der Waals surface area contributed by atoms with Crippen molar-refractivity contribution in [3.63, 3.8) is 0 Å². The van der Waals surface area contributed by atoms with E-state index in [-0.39, 0.29) is 0 Å². The quantitative estimate of drug-likeness (QED) is 0.704. The average molecular weight is 219 g/mol. The highest BCUT2D eigenvalue weighted by molar-refractivity contribution is 6.60. The molecule has 0 aromatic rings. The predicted molar refractivity (Wildman–Crippen MR) is 57.3 cm³/mol. The van der Waals surface area contributed by atoms with E-state index in [4.69, 9.17) is 13.3 Å². The van der Waals surface area contributed by atoms with Gasteiger partial charge in [0.05, 0.1) is 6.61 Å². The van der Waals surface area contributed by atoms with E-state index in [9.17, 15) is 0 Å². The summed E-state index contributed by atoms with van der Waals surface area (Å²) in [5.74, 6) is 0. The third-order valence-electron chi connectivity index (χ3n) is 2.56. The summed E-state index contributed by atoms with van der Waals surface area (Å²) in [5, 5.41) is 3.33. The van der Waals surface area contributed by atoms with Gasteiger partial charge in [-0.2, -0.15) is 0 Å². The molecule has 0 unspecified atom stereocenters. The number of nitrogens with one attached hydrogen (secondary N) is 1. The van der Waals surface area contributed by atoms with Crippen LogP contribution in [0.1, 0.15) is 19.3 Å². The molecule has 0 aliphatic carbocycles. The molecule has 4 nitrogen and oxygen atoms in total. The number of rotatable bonds is 2. The summed E-state index contributed by atoms with van der Waals surface area (Å²) in [6, 6.07) is 0.944. The van der Waals surface area contributed by atoms with Crippen LogP contribution in [-0.2, 0) is 13.3 Å². The summed E-state index contributed by atoms with van der Waals surface area (Å²) >= 11 is 0. The van der Waals surface area contributed by atoms with Crippen molar-refractivity contribution in [3.05, 3.63) is 0 Å². The second-order valence-electron chi connectivity index (χ2n) is 3.50. The van der Waals surface area contributed by atoms with Crippen LogP contribution in [0.4, 0.5) is 0 Å². The Kier molecular flexibility index (Phi) is 5.65. The van der Waals surface area contributed by atoms with E-state index in [0.29, 0.717) is 6.61 Å². The molecule has 0 aromatic heterocycles. The first-order chi connectivity index (χ1) is 6.83. The number of hydrogen-bond donors (Lipinski definition) is 1. The largest absolute Gasteiger partial charge is 0.500 e.